The number of carbonyl (C=O) groups excluding carboxylic acids is 2. The van der Waals surface area contributed by atoms with Crippen LogP contribution in [0.5, 0.6) is 5.75 Å². The topological polar surface area (TPSA) is 49.9 Å². The second-order valence-corrected chi connectivity index (χ2v) is 7.05. The predicted molar refractivity (Wildman–Crippen MR) is 94.2 cm³/mol. The molecule has 1 fully saturated rings. The van der Waals surface area contributed by atoms with Crippen molar-refractivity contribution in [3.05, 3.63) is 23.8 Å². The lowest BCUT2D eigenvalue weighted by atomic mass is 10.1. The van der Waals surface area contributed by atoms with Crippen LogP contribution in [0.15, 0.2) is 18.2 Å². The van der Waals surface area contributed by atoms with Crippen LogP contribution in [0.1, 0.15) is 36.5 Å². The molecule has 1 saturated heterocycles. The highest BCUT2D eigenvalue weighted by Gasteiger charge is 2.27. The molecule has 6 heteroatoms. The number of Topliss-reactive ketones (excluding diaryl/α,β-unsaturated/α-hetero) is 1. The van der Waals surface area contributed by atoms with E-state index in [9.17, 15) is 9.59 Å². The van der Waals surface area contributed by atoms with Crippen LogP contribution in [0, 0.1) is 0 Å². The number of hydrogen-bond donors (Lipinski definition) is 0. The number of fused-ring (bicyclic) bond motifs is 1. The third kappa shape index (κ3) is 3.73. The first-order valence-electron chi connectivity index (χ1n) is 8.54. The molecular formula is C18H23ClN2O3. The quantitative estimate of drug-likeness (QED) is 0.605. The molecule has 130 valence electrons. The number of ketones is 1. The molecule has 0 radical (unpaired) electrons. The van der Waals surface area contributed by atoms with Gasteiger partial charge < -0.3 is 14.5 Å². The number of likely N-dealkylation sites (tertiary alicyclic amines) is 1. The Kier molecular flexibility index (Phi) is 5.41. The highest BCUT2D eigenvalue weighted by Crippen LogP contribution is 2.33. The van der Waals surface area contributed by atoms with E-state index in [1.807, 2.05) is 0 Å². The fourth-order valence-corrected chi connectivity index (χ4v) is 3.38. The maximum Gasteiger partial charge on any atom is 0.265 e. The molecule has 1 aromatic rings. The van der Waals surface area contributed by atoms with E-state index in [0.29, 0.717) is 23.5 Å². The maximum atomic E-state index is 12.3. The van der Waals surface area contributed by atoms with Crippen LogP contribution in [0.2, 0.25) is 0 Å². The van der Waals surface area contributed by atoms with Crippen molar-refractivity contribution in [2.75, 3.05) is 37.7 Å². The molecule has 2 heterocycles. The number of halogens is 1. The molecular weight excluding hydrogens is 328 g/mol. The fraction of sp³-hybridized carbons (Fsp3) is 0.556. The van der Waals surface area contributed by atoms with Gasteiger partial charge in [0.25, 0.3) is 5.91 Å². The largest absolute Gasteiger partial charge is 0.482 e. The van der Waals surface area contributed by atoms with Gasteiger partial charge in [-0.2, -0.15) is 0 Å². The Morgan fingerprint density at radius 2 is 2.00 bits per heavy atom. The zero-order valence-corrected chi connectivity index (χ0v) is 14.7. The maximum absolute atomic E-state index is 12.3. The average molecular weight is 351 g/mol. The summed E-state index contributed by atoms with van der Waals surface area (Å²) in [7, 11) is 0. The van der Waals surface area contributed by atoms with Gasteiger partial charge >= 0.3 is 0 Å². The molecule has 1 unspecified atom stereocenters. The molecule has 1 amide bonds. The summed E-state index contributed by atoms with van der Waals surface area (Å²) in [4.78, 5) is 28.6. The number of rotatable bonds is 5. The number of anilines is 1. The lowest BCUT2D eigenvalue weighted by Crippen LogP contribution is -2.44. The zero-order chi connectivity index (χ0) is 17.1. The van der Waals surface area contributed by atoms with E-state index in [4.69, 9.17) is 16.3 Å². The van der Waals surface area contributed by atoms with Crippen molar-refractivity contribution < 1.29 is 14.3 Å². The summed E-state index contributed by atoms with van der Waals surface area (Å²) >= 11 is 5.91. The first-order chi connectivity index (χ1) is 11.6. The second-order valence-electron chi connectivity index (χ2n) is 6.40. The Hall–Kier alpha value is -1.59. The number of amides is 1. The standard InChI is InChI=1S/C18H23ClN2O3/c1-13(19)18(23)14-5-6-16-15(11-14)21(17(22)12-24-16)10-9-20-7-3-2-4-8-20/h5-6,11,13H,2-4,7-10,12H2,1H3. The Labute approximate surface area is 147 Å². The Morgan fingerprint density at radius 3 is 2.71 bits per heavy atom. The molecule has 0 N–H and O–H groups in total. The van der Waals surface area contributed by atoms with E-state index in [1.165, 1.54) is 19.3 Å². The third-order valence-electron chi connectivity index (χ3n) is 4.64. The van der Waals surface area contributed by atoms with Crippen LogP contribution >= 0.6 is 11.6 Å². The van der Waals surface area contributed by atoms with Gasteiger partial charge in [-0.1, -0.05) is 6.42 Å². The number of alkyl halides is 1. The van der Waals surface area contributed by atoms with Gasteiger partial charge in [0.05, 0.1) is 11.1 Å². The van der Waals surface area contributed by atoms with Crippen molar-refractivity contribution in [3.63, 3.8) is 0 Å². The Bertz CT molecular complexity index is 627. The molecule has 0 saturated carbocycles. The minimum atomic E-state index is -0.593. The monoisotopic (exact) mass is 350 g/mol. The van der Waals surface area contributed by atoms with Crippen molar-refractivity contribution in [2.24, 2.45) is 0 Å². The SMILES string of the molecule is CC(Cl)C(=O)c1ccc2c(c1)N(CCN1CCCCC1)C(=O)CO2. The van der Waals surface area contributed by atoms with Crippen LogP contribution < -0.4 is 9.64 Å². The van der Waals surface area contributed by atoms with E-state index >= 15 is 0 Å². The van der Waals surface area contributed by atoms with Gasteiger partial charge in [0.15, 0.2) is 12.4 Å². The molecule has 24 heavy (non-hydrogen) atoms. The Balaban J connectivity index is 1.78. The van der Waals surface area contributed by atoms with Gasteiger partial charge in [-0.3, -0.25) is 9.59 Å². The highest BCUT2D eigenvalue weighted by atomic mass is 35.5. The molecule has 2 aliphatic heterocycles. The van der Waals surface area contributed by atoms with Gasteiger partial charge in [0.2, 0.25) is 0 Å². The van der Waals surface area contributed by atoms with Crippen LogP contribution in [-0.2, 0) is 4.79 Å². The van der Waals surface area contributed by atoms with Crippen molar-refractivity contribution in [2.45, 2.75) is 31.6 Å². The lowest BCUT2D eigenvalue weighted by Gasteiger charge is -2.33. The molecule has 0 spiro atoms. The Morgan fingerprint density at radius 1 is 1.25 bits per heavy atom. The molecule has 1 aromatic carbocycles. The minimum absolute atomic E-state index is 0.0478. The van der Waals surface area contributed by atoms with E-state index in [1.54, 1.807) is 30.0 Å². The molecule has 0 aliphatic carbocycles. The molecule has 5 nitrogen and oxygen atoms in total. The summed E-state index contributed by atoms with van der Waals surface area (Å²) in [5, 5.41) is -0.593. The number of ether oxygens (including phenoxy) is 1. The summed E-state index contributed by atoms with van der Waals surface area (Å²) < 4.78 is 5.50. The summed E-state index contributed by atoms with van der Waals surface area (Å²) in [6.07, 6.45) is 3.73. The van der Waals surface area contributed by atoms with E-state index < -0.39 is 5.38 Å². The molecule has 1 atom stereocenters. The van der Waals surface area contributed by atoms with Crippen LogP contribution in [-0.4, -0.2) is 54.8 Å². The van der Waals surface area contributed by atoms with E-state index in [2.05, 4.69) is 4.90 Å². The van der Waals surface area contributed by atoms with Crippen LogP contribution in [0.4, 0.5) is 5.69 Å². The number of nitrogens with zero attached hydrogens (tertiary/aromatic N) is 2. The van der Waals surface area contributed by atoms with E-state index in [-0.39, 0.29) is 18.3 Å². The van der Waals surface area contributed by atoms with Crippen LogP contribution in [0.3, 0.4) is 0 Å². The third-order valence-corrected chi connectivity index (χ3v) is 4.83. The molecule has 0 aromatic heterocycles. The number of carbonyl (C=O) groups is 2. The minimum Gasteiger partial charge on any atom is -0.482 e. The first-order valence-corrected chi connectivity index (χ1v) is 8.98. The summed E-state index contributed by atoms with van der Waals surface area (Å²) in [6.45, 7) is 5.34. The average Bonchev–Trinajstić information content (AvgIpc) is 2.60. The summed E-state index contributed by atoms with van der Waals surface area (Å²) in [5.41, 5.74) is 1.18. The zero-order valence-electron chi connectivity index (χ0n) is 14.0. The van der Waals surface area contributed by atoms with Crippen molar-refractivity contribution in [1.29, 1.82) is 0 Å². The summed E-state index contributed by atoms with van der Waals surface area (Å²) in [6, 6.07) is 5.19. The fourth-order valence-electron chi connectivity index (χ4n) is 3.25. The summed E-state index contributed by atoms with van der Waals surface area (Å²) in [5.74, 6) is 0.434. The number of benzene rings is 1. The van der Waals surface area contributed by atoms with Crippen molar-refractivity contribution >= 4 is 29.0 Å². The van der Waals surface area contributed by atoms with Gasteiger partial charge in [-0.25, -0.2) is 0 Å². The smallest absolute Gasteiger partial charge is 0.265 e. The van der Waals surface area contributed by atoms with Crippen molar-refractivity contribution in [3.8, 4) is 5.75 Å². The lowest BCUT2D eigenvalue weighted by molar-refractivity contribution is -0.121. The van der Waals surface area contributed by atoms with Crippen molar-refractivity contribution in [1.82, 2.24) is 4.90 Å². The van der Waals surface area contributed by atoms with Gasteiger partial charge in [-0.15, -0.1) is 11.6 Å². The molecule has 2 aliphatic rings. The second kappa shape index (κ2) is 7.53. The van der Waals surface area contributed by atoms with Gasteiger partial charge in [-0.05, 0) is 51.1 Å². The molecule has 3 rings (SSSR count). The normalized spacial score (nSPS) is 19.6. The predicted octanol–water partition coefficient (Wildman–Crippen LogP) is 2.71. The molecule has 0 bridgehead atoms. The number of piperidine rings is 1. The highest BCUT2D eigenvalue weighted by molar-refractivity contribution is 6.33. The van der Waals surface area contributed by atoms with E-state index in [0.717, 1.165) is 19.6 Å². The first kappa shape index (κ1) is 17.2. The number of hydrogen-bond acceptors (Lipinski definition) is 4. The van der Waals surface area contributed by atoms with Gasteiger partial charge in [0, 0.05) is 18.7 Å². The van der Waals surface area contributed by atoms with Gasteiger partial charge in [0.1, 0.15) is 5.75 Å². The van der Waals surface area contributed by atoms with Crippen LogP contribution in [0.25, 0.3) is 0 Å².